The molecule has 9 heteroatoms. The Morgan fingerprint density at radius 2 is 1.91 bits per heavy atom. The van der Waals surface area contributed by atoms with Crippen LogP contribution in [0.15, 0.2) is 48.5 Å². The molecule has 0 atom stereocenters. The molecule has 0 aliphatic carbocycles. The predicted octanol–water partition coefficient (Wildman–Crippen LogP) is 5.37. The maximum atomic E-state index is 12.5. The summed E-state index contributed by atoms with van der Waals surface area (Å²) in [6.07, 6.45) is 0. The molecule has 164 valence electrons. The maximum Gasteiger partial charge on any atom is 0.263 e. The first-order valence-electron chi connectivity index (χ1n) is 9.75. The van der Waals surface area contributed by atoms with Crippen LogP contribution in [0.25, 0.3) is 16.7 Å². The van der Waals surface area contributed by atoms with Crippen LogP contribution in [0.2, 0.25) is 10.0 Å². The molecule has 0 aliphatic rings. The molecule has 7 nitrogen and oxygen atoms in total. The second kappa shape index (κ2) is 9.06. The van der Waals surface area contributed by atoms with Gasteiger partial charge in [-0.15, -0.1) is 0 Å². The number of carbonyl (C=O) groups excluding carboxylic acids is 1. The average molecular weight is 471 g/mol. The van der Waals surface area contributed by atoms with Crippen LogP contribution in [-0.4, -0.2) is 34.4 Å². The van der Waals surface area contributed by atoms with Crippen LogP contribution in [0, 0.1) is 13.8 Å². The number of hydrogen-bond donors (Lipinski definition) is 1. The number of carbonyl (C=O) groups is 1. The largest absolute Gasteiger partial charge is 0.494 e. The quantitative estimate of drug-likeness (QED) is 0.409. The van der Waals surface area contributed by atoms with Gasteiger partial charge in [0, 0.05) is 16.5 Å². The average Bonchev–Trinajstić information content (AvgIpc) is 3.12. The van der Waals surface area contributed by atoms with Crippen molar-refractivity contribution in [2.75, 3.05) is 19.0 Å². The Labute approximate surface area is 194 Å². The minimum atomic E-state index is -0.368. The monoisotopic (exact) mass is 470 g/mol. The Morgan fingerprint density at radius 3 is 2.66 bits per heavy atom. The van der Waals surface area contributed by atoms with Crippen LogP contribution in [0.5, 0.6) is 11.5 Å². The molecule has 1 N–H and O–H groups in total. The van der Waals surface area contributed by atoms with Gasteiger partial charge < -0.3 is 14.8 Å². The lowest BCUT2D eigenvalue weighted by atomic mass is 10.1. The van der Waals surface area contributed by atoms with Gasteiger partial charge >= 0.3 is 0 Å². The number of nitrogens with one attached hydrogen (secondary N) is 1. The van der Waals surface area contributed by atoms with Gasteiger partial charge in [-0.25, -0.2) is 4.98 Å². The van der Waals surface area contributed by atoms with Gasteiger partial charge in [0.25, 0.3) is 5.91 Å². The van der Waals surface area contributed by atoms with Gasteiger partial charge in [-0.05, 0) is 49.7 Å². The van der Waals surface area contributed by atoms with E-state index in [0.717, 1.165) is 22.2 Å². The molecule has 1 amide bonds. The van der Waals surface area contributed by atoms with Crippen molar-refractivity contribution in [1.29, 1.82) is 0 Å². The van der Waals surface area contributed by atoms with Crippen LogP contribution >= 0.6 is 23.2 Å². The number of rotatable bonds is 6. The smallest absolute Gasteiger partial charge is 0.263 e. The van der Waals surface area contributed by atoms with Gasteiger partial charge in [0.2, 0.25) is 0 Å². The summed E-state index contributed by atoms with van der Waals surface area (Å²) < 4.78 is 12.6. The second-order valence-electron chi connectivity index (χ2n) is 7.15. The van der Waals surface area contributed by atoms with Gasteiger partial charge in [-0.3, -0.25) is 4.79 Å². The van der Waals surface area contributed by atoms with E-state index >= 15 is 0 Å². The molecular weight excluding hydrogens is 451 g/mol. The number of benzene rings is 2. The molecule has 0 radical (unpaired) electrons. The van der Waals surface area contributed by atoms with E-state index in [2.05, 4.69) is 10.4 Å². The predicted molar refractivity (Wildman–Crippen MR) is 125 cm³/mol. The number of methoxy groups -OCH3 is 1. The van der Waals surface area contributed by atoms with E-state index in [-0.39, 0.29) is 12.5 Å². The molecule has 4 aromatic rings. The lowest BCUT2D eigenvalue weighted by Gasteiger charge is -2.13. The molecule has 2 aromatic heterocycles. The number of nitrogens with zero attached hydrogens (tertiary/aromatic N) is 3. The SMILES string of the molecule is COc1cccc2c(C)cc(-n3nc(C)cc3NC(=O)COc3ccc(Cl)cc3Cl)nc12. The van der Waals surface area contributed by atoms with E-state index in [1.807, 2.05) is 38.1 Å². The molecule has 0 bridgehead atoms. The molecule has 0 fully saturated rings. The highest BCUT2D eigenvalue weighted by Gasteiger charge is 2.15. The molecule has 2 heterocycles. The zero-order chi connectivity index (χ0) is 22.8. The topological polar surface area (TPSA) is 78.3 Å². The normalized spacial score (nSPS) is 10.9. The maximum absolute atomic E-state index is 12.5. The highest BCUT2D eigenvalue weighted by Crippen LogP contribution is 2.29. The first-order valence-corrected chi connectivity index (χ1v) is 10.5. The Hall–Kier alpha value is -3.29. The number of amides is 1. The fourth-order valence-corrected chi connectivity index (χ4v) is 3.79. The molecule has 0 aliphatic heterocycles. The van der Waals surface area contributed by atoms with Crippen LogP contribution in [-0.2, 0) is 4.79 Å². The Morgan fingerprint density at radius 1 is 1.09 bits per heavy atom. The summed E-state index contributed by atoms with van der Waals surface area (Å²) in [4.78, 5) is 17.3. The van der Waals surface area contributed by atoms with Crippen LogP contribution in [0.1, 0.15) is 11.3 Å². The summed E-state index contributed by atoms with van der Waals surface area (Å²) in [5.41, 5.74) is 2.45. The van der Waals surface area contributed by atoms with E-state index in [0.29, 0.717) is 33.2 Å². The van der Waals surface area contributed by atoms with E-state index < -0.39 is 0 Å². The third-order valence-electron chi connectivity index (χ3n) is 4.78. The number of aryl methyl sites for hydroxylation is 2. The molecule has 4 rings (SSSR count). The molecule has 0 saturated carbocycles. The zero-order valence-electron chi connectivity index (χ0n) is 17.6. The van der Waals surface area contributed by atoms with Crippen LogP contribution in [0.3, 0.4) is 0 Å². The fraction of sp³-hybridized carbons (Fsp3) is 0.174. The van der Waals surface area contributed by atoms with Gasteiger partial charge in [0.1, 0.15) is 22.8 Å². The highest BCUT2D eigenvalue weighted by atomic mass is 35.5. The number of ether oxygens (including phenoxy) is 2. The van der Waals surface area contributed by atoms with Gasteiger partial charge in [-0.2, -0.15) is 9.78 Å². The number of anilines is 1. The van der Waals surface area contributed by atoms with Gasteiger partial charge in [0.15, 0.2) is 12.4 Å². The summed E-state index contributed by atoms with van der Waals surface area (Å²) in [5.74, 6) is 1.70. The third-order valence-corrected chi connectivity index (χ3v) is 5.31. The van der Waals surface area contributed by atoms with Crippen molar-refractivity contribution < 1.29 is 14.3 Å². The van der Waals surface area contributed by atoms with E-state index in [1.165, 1.54) is 0 Å². The van der Waals surface area contributed by atoms with Gasteiger partial charge in [0.05, 0.1) is 17.8 Å². The van der Waals surface area contributed by atoms with E-state index in [1.54, 1.807) is 36.1 Å². The lowest BCUT2D eigenvalue weighted by molar-refractivity contribution is -0.118. The van der Waals surface area contributed by atoms with E-state index in [4.69, 9.17) is 37.7 Å². The van der Waals surface area contributed by atoms with Crippen molar-refractivity contribution >= 4 is 45.8 Å². The Kier molecular flexibility index (Phi) is 6.21. The number of aromatic nitrogens is 3. The standard InChI is InChI=1S/C23H20Cl2N4O3/c1-13-9-20(27-23-16(13)5-4-6-19(23)31-3)29-21(10-14(2)28-29)26-22(30)12-32-18-8-7-15(24)11-17(18)25/h4-11H,12H2,1-3H3,(H,26,30). The van der Waals surface area contributed by atoms with Crippen molar-refractivity contribution in [3.63, 3.8) is 0 Å². The van der Waals surface area contributed by atoms with E-state index in [9.17, 15) is 4.79 Å². The van der Waals surface area contributed by atoms with Crippen LogP contribution in [0.4, 0.5) is 5.82 Å². The number of fused-ring (bicyclic) bond motifs is 1. The molecule has 0 saturated heterocycles. The summed E-state index contributed by atoms with van der Waals surface area (Å²) in [7, 11) is 1.61. The van der Waals surface area contributed by atoms with Crippen molar-refractivity contribution in [1.82, 2.24) is 14.8 Å². The molecule has 0 unspecified atom stereocenters. The summed E-state index contributed by atoms with van der Waals surface area (Å²) in [6.45, 7) is 3.60. The molecule has 2 aromatic carbocycles. The third kappa shape index (κ3) is 4.49. The Balaban J connectivity index is 1.60. The summed E-state index contributed by atoms with van der Waals surface area (Å²) in [6, 6.07) is 14.2. The lowest BCUT2D eigenvalue weighted by Crippen LogP contribution is -2.22. The van der Waals surface area contributed by atoms with Crippen LogP contribution < -0.4 is 14.8 Å². The number of para-hydroxylation sites is 1. The van der Waals surface area contributed by atoms with Crippen molar-refractivity contribution in [2.45, 2.75) is 13.8 Å². The number of hydrogen-bond acceptors (Lipinski definition) is 5. The second-order valence-corrected chi connectivity index (χ2v) is 7.99. The summed E-state index contributed by atoms with van der Waals surface area (Å²) in [5, 5.41) is 9.12. The number of halogens is 2. The minimum absolute atomic E-state index is 0.233. The first kappa shape index (κ1) is 21.9. The van der Waals surface area contributed by atoms with Crippen molar-refractivity contribution in [3.8, 4) is 17.3 Å². The minimum Gasteiger partial charge on any atom is -0.494 e. The fourth-order valence-electron chi connectivity index (χ4n) is 3.32. The summed E-state index contributed by atoms with van der Waals surface area (Å²) >= 11 is 12.0. The highest BCUT2D eigenvalue weighted by molar-refractivity contribution is 6.35. The van der Waals surface area contributed by atoms with Gasteiger partial charge in [-0.1, -0.05) is 35.3 Å². The first-order chi connectivity index (χ1) is 15.4. The molecule has 0 spiro atoms. The Bertz CT molecular complexity index is 1320. The number of pyridine rings is 1. The molecule has 32 heavy (non-hydrogen) atoms. The van der Waals surface area contributed by atoms with Crippen molar-refractivity contribution in [3.05, 3.63) is 69.8 Å². The molecular formula is C23H20Cl2N4O3. The van der Waals surface area contributed by atoms with Crippen molar-refractivity contribution in [2.24, 2.45) is 0 Å². The zero-order valence-corrected chi connectivity index (χ0v) is 19.2.